The number of aliphatic hydroxyl groups is 1. The van der Waals surface area contributed by atoms with Gasteiger partial charge in [0, 0.05) is 6.42 Å². The van der Waals surface area contributed by atoms with Gasteiger partial charge in [0.15, 0.2) is 0 Å². The van der Waals surface area contributed by atoms with Gasteiger partial charge in [-0.15, -0.1) is 0 Å². The molecule has 2 aromatic rings. The van der Waals surface area contributed by atoms with Gasteiger partial charge in [0.1, 0.15) is 12.1 Å². The van der Waals surface area contributed by atoms with E-state index in [0.29, 0.717) is 12.8 Å². The first-order valence-electron chi connectivity index (χ1n) is 8.44. The maximum atomic E-state index is 12.1. The summed E-state index contributed by atoms with van der Waals surface area (Å²) in [5.41, 5.74) is 0.910. The molecule has 2 aromatic carbocycles. The van der Waals surface area contributed by atoms with Gasteiger partial charge >= 0.3 is 5.97 Å². The molecule has 0 unspecified atom stereocenters. The molecule has 0 fully saturated rings. The Kier molecular flexibility index (Phi) is 6.53. The van der Waals surface area contributed by atoms with Crippen molar-refractivity contribution in [1.29, 1.82) is 0 Å². The number of esters is 1. The van der Waals surface area contributed by atoms with E-state index in [-0.39, 0.29) is 5.92 Å². The van der Waals surface area contributed by atoms with Crippen molar-refractivity contribution in [3.63, 3.8) is 0 Å². The summed E-state index contributed by atoms with van der Waals surface area (Å²) in [7, 11) is 1.28. The summed E-state index contributed by atoms with van der Waals surface area (Å²) in [6, 6.07) is 13.0. The second-order valence-corrected chi connectivity index (χ2v) is 6.62. The lowest BCUT2D eigenvalue weighted by molar-refractivity contribution is -0.146. The van der Waals surface area contributed by atoms with E-state index >= 15 is 0 Å². The number of methoxy groups -OCH3 is 1. The number of benzene rings is 2. The minimum atomic E-state index is -1.14. The van der Waals surface area contributed by atoms with Crippen LogP contribution in [0.1, 0.15) is 25.8 Å². The number of fused-ring (bicyclic) bond motifs is 1. The first-order valence-corrected chi connectivity index (χ1v) is 8.44. The van der Waals surface area contributed by atoms with E-state index in [1.807, 2.05) is 56.3 Å². The predicted molar refractivity (Wildman–Crippen MR) is 97.1 cm³/mol. The van der Waals surface area contributed by atoms with Crippen LogP contribution in [0.15, 0.2) is 42.5 Å². The van der Waals surface area contributed by atoms with Crippen LogP contribution in [0.4, 0.5) is 0 Å². The van der Waals surface area contributed by atoms with Crippen LogP contribution in [0, 0.1) is 5.92 Å². The summed E-state index contributed by atoms with van der Waals surface area (Å²) in [6.45, 7) is 3.84. The Bertz CT molecular complexity index is 741. The Hall–Kier alpha value is -2.40. The van der Waals surface area contributed by atoms with Crippen LogP contribution < -0.4 is 5.32 Å². The molecule has 0 aliphatic carbocycles. The summed E-state index contributed by atoms with van der Waals surface area (Å²) in [4.78, 5) is 24.2. The third-order valence-corrected chi connectivity index (χ3v) is 4.05. The molecule has 0 spiro atoms. The number of ether oxygens (including phenoxy) is 1. The molecule has 0 heterocycles. The van der Waals surface area contributed by atoms with Crippen LogP contribution in [0.5, 0.6) is 0 Å². The van der Waals surface area contributed by atoms with E-state index in [2.05, 4.69) is 5.32 Å². The van der Waals surface area contributed by atoms with E-state index in [9.17, 15) is 14.7 Å². The Morgan fingerprint density at radius 2 is 1.80 bits per heavy atom. The molecule has 0 aromatic heterocycles. The standard InChI is InChI=1S/C20H25NO4/c1-13(2)10-18(22)19(23)21-17(20(24)25-3)12-14-8-9-15-6-4-5-7-16(15)11-14/h4-9,11,13,17-18,22H,10,12H2,1-3H3,(H,21,23)/t17-,18+/m0/s1. The number of rotatable bonds is 7. The molecule has 2 rings (SSSR count). The predicted octanol–water partition coefficient (Wildman–Crippen LogP) is 2.45. The first-order chi connectivity index (χ1) is 11.9. The first kappa shape index (κ1) is 18.9. The molecule has 5 heteroatoms. The molecule has 1 amide bonds. The maximum absolute atomic E-state index is 12.1. The summed E-state index contributed by atoms with van der Waals surface area (Å²) in [5.74, 6) is -0.902. The fourth-order valence-electron chi connectivity index (χ4n) is 2.76. The number of carbonyl (C=O) groups is 2. The molecule has 25 heavy (non-hydrogen) atoms. The highest BCUT2D eigenvalue weighted by molar-refractivity contribution is 5.87. The van der Waals surface area contributed by atoms with E-state index in [1.165, 1.54) is 7.11 Å². The van der Waals surface area contributed by atoms with Crippen LogP contribution in [0.2, 0.25) is 0 Å². The molecule has 0 aliphatic heterocycles. The fraction of sp³-hybridized carbons (Fsp3) is 0.400. The smallest absolute Gasteiger partial charge is 0.328 e. The Morgan fingerprint density at radius 1 is 1.12 bits per heavy atom. The molecule has 0 radical (unpaired) electrons. The van der Waals surface area contributed by atoms with E-state index in [4.69, 9.17) is 4.74 Å². The molecule has 5 nitrogen and oxygen atoms in total. The van der Waals surface area contributed by atoms with Crippen LogP contribution in [-0.2, 0) is 20.7 Å². The zero-order valence-corrected chi connectivity index (χ0v) is 14.9. The van der Waals surface area contributed by atoms with Crippen LogP contribution in [0.3, 0.4) is 0 Å². The van der Waals surface area contributed by atoms with Crippen molar-refractivity contribution in [2.75, 3.05) is 7.11 Å². The average Bonchev–Trinajstić information content (AvgIpc) is 2.59. The van der Waals surface area contributed by atoms with E-state index in [1.54, 1.807) is 0 Å². The van der Waals surface area contributed by atoms with E-state index in [0.717, 1.165) is 16.3 Å². The lowest BCUT2D eigenvalue weighted by Crippen LogP contribution is -2.47. The molecule has 0 bridgehead atoms. The lowest BCUT2D eigenvalue weighted by Gasteiger charge is -2.20. The summed E-state index contributed by atoms with van der Waals surface area (Å²) < 4.78 is 4.80. The number of carbonyl (C=O) groups excluding carboxylic acids is 2. The normalized spacial score (nSPS) is 13.5. The van der Waals surface area contributed by atoms with Crippen molar-refractivity contribution in [3.05, 3.63) is 48.0 Å². The van der Waals surface area contributed by atoms with Crippen molar-refractivity contribution < 1.29 is 19.4 Å². The lowest BCUT2D eigenvalue weighted by atomic mass is 10.0. The molecule has 0 saturated carbocycles. The van der Waals surface area contributed by atoms with Crippen LogP contribution >= 0.6 is 0 Å². The van der Waals surface area contributed by atoms with Gasteiger partial charge in [-0.25, -0.2) is 4.79 Å². The van der Waals surface area contributed by atoms with Crippen LogP contribution in [-0.4, -0.2) is 36.2 Å². The van der Waals surface area contributed by atoms with Gasteiger partial charge in [0.2, 0.25) is 5.91 Å². The zero-order valence-electron chi connectivity index (χ0n) is 14.9. The van der Waals surface area contributed by atoms with Gasteiger partial charge in [0.05, 0.1) is 7.11 Å². The van der Waals surface area contributed by atoms with Gasteiger partial charge < -0.3 is 15.2 Å². The topological polar surface area (TPSA) is 75.6 Å². The Labute approximate surface area is 148 Å². The third-order valence-electron chi connectivity index (χ3n) is 4.05. The number of amides is 1. The fourth-order valence-corrected chi connectivity index (χ4v) is 2.76. The highest BCUT2D eigenvalue weighted by Crippen LogP contribution is 2.17. The number of aliphatic hydroxyl groups excluding tert-OH is 1. The van der Waals surface area contributed by atoms with Crippen molar-refractivity contribution in [2.45, 2.75) is 38.8 Å². The molecule has 2 N–H and O–H groups in total. The summed E-state index contributed by atoms with van der Waals surface area (Å²) in [5, 5.41) is 14.7. The van der Waals surface area contributed by atoms with Gasteiger partial charge in [-0.3, -0.25) is 4.79 Å². The van der Waals surface area contributed by atoms with Gasteiger partial charge in [-0.05, 0) is 28.7 Å². The quantitative estimate of drug-likeness (QED) is 0.757. The number of nitrogens with one attached hydrogen (secondary N) is 1. The largest absolute Gasteiger partial charge is 0.467 e. The minimum absolute atomic E-state index is 0.179. The minimum Gasteiger partial charge on any atom is -0.467 e. The average molecular weight is 343 g/mol. The number of hydrogen-bond acceptors (Lipinski definition) is 4. The molecule has 0 saturated heterocycles. The van der Waals surface area contributed by atoms with Crippen molar-refractivity contribution >= 4 is 22.6 Å². The Morgan fingerprint density at radius 3 is 2.44 bits per heavy atom. The van der Waals surface area contributed by atoms with E-state index < -0.39 is 24.0 Å². The van der Waals surface area contributed by atoms with Crippen molar-refractivity contribution in [2.24, 2.45) is 5.92 Å². The van der Waals surface area contributed by atoms with Gasteiger partial charge in [-0.2, -0.15) is 0 Å². The highest BCUT2D eigenvalue weighted by Gasteiger charge is 2.25. The third kappa shape index (κ3) is 5.29. The summed E-state index contributed by atoms with van der Waals surface area (Å²) >= 11 is 0. The SMILES string of the molecule is COC(=O)[C@H](Cc1ccc2ccccc2c1)NC(=O)[C@H](O)CC(C)C. The van der Waals surface area contributed by atoms with Crippen LogP contribution in [0.25, 0.3) is 10.8 Å². The molecular weight excluding hydrogens is 318 g/mol. The molecule has 2 atom stereocenters. The van der Waals surface area contributed by atoms with Gasteiger partial charge in [0.25, 0.3) is 0 Å². The van der Waals surface area contributed by atoms with Crippen molar-refractivity contribution in [1.82, 2.24) is 5.32 Å². The zero-order chi connectivity index (χ0) is 18.4. The molecule has 0 aliphatic rings. The summed E-state index contributed by atoms with van der Waals surface area (Å²) in [6.07, 6.45) is -0.489. The monoisotopic (exact) mass is 343 g/mol. The highest BCUT2D eigenvalue weighted by atomic mass is 16.5. The van der Waals surface area contributed by atoms with Gasteiger partial charge in [-0.1, -0.05) is 56.3 Å². The second kappa shape index (κ2) is 8.62. The molecule has 134 valence electrons. The second-order valence-electron chi connectivity index (χ2n) is 6.62. The number of hydrogen-bond donors (Lipinski definition) is 2. The van der Waals surface area contributed by atoms with Crippen molar-refractivity contribution in [3.8, 4) is 0 Å². The molecular formula is C20H25NO4. The maximum Gasteiger partial charge on any atom is 0.328 e. The Balaban J connectivity index is 2.13.